The van der Waals surface area contributed by atoms with Crippen LogP contribution in [-0.2, 0) is 13.1 Å². The Morgan fingerprint density at radius 3 is 3.00 bits per heavy atom. The largest absolute Gasteiger partial charge is 0.329 e. The maximum absolute atomic E-state index is 6.04. The molecular weight excluding hydrogens is 274 g/mol. The number of hydrogen-bond acceptors (Lipinski definition) is 4. The fraction of sp³-hybridized carbons (Fsp3) is 0.429. The third-order valence-corrected chi connectivity index (χ3v) is 4.16. The summed E-state index contributed by atoms with van der Waals surface area (Å²) >= 11 is 6.04. The van der Waals surface area contributed by atoms with Crippen molar-refractivity contribution in [2.75, 3.05) is 13.1 Å². The van der Waals surface area contributed by atoms with Crippen molar-refractivity contribution in [3.63, 3.8) is 0 Å². The van der Waals surface area contributed by atoms with Crippen molar-refractivity contribution in [1.29, 1.82) is 0 Å². The molecule has 3 rings (SSSR count). The summed E-state index contributed by atoms with van der Waals surface area (Å²) in [5.74, 6) is 1.00. The Morgan fingerprint density at radius 2 is 2.25 bits per heavy atom. The van der Waals surface area contributed by atoms with E-state index in [0.29, 0.717) is 6.54 Å². The van der Waals surface area contributed by atoms with Crippen molar-refractivity contribution in [3.05, 3.63) is 46.5 Å². The molecule has 0 saturated heterocycles. The van der Waals surface area contributed by atoms with Crippen LogP contribution < -0.4 is 5.73 Å². The van der Waals surface area contributed by atoms with Crippen molar-refractivity contribution in [3.8, 4) is 0 Å². The van der Waals surface area contributed by atoms with Crippen molar-refractivity contribution in [2.24, 2.45) is 5.73 Å². The van der Waals surface area contributed by atoms with Crippen molar-refractivity contribution in [1.82, 2.24) is 19.7 Å². The number of rotatable bonds is 3. The summed E-state index contributed by atoms with van der Waals surface area (Å²) in [5, 5.41) is 8.89. The minimum Gasteiger partial charge on any atom is -0.329 e. The Hall–Kier alpha value is -1.43. The minimum absolute atomic E-state index is 0.192. The molecule has 0 amide bonds. The van der Waals surface area contributed by atoms with Crippen LogP contribution in [0.2, 0.25) is 5.02 Å². The van der Waals surface area contributed by atoms with Gasteiger partial charge in [0.1, 0.15) is 12.2 Å². The van der Waals surface area contributed by atoms with Crippen LogP contribution in [0.15, 0.2) is 24.5 Å². The molecule has 1 atom stereocenters. The van der Waals surface area contributed by atoms with Crippen LogP contribution in [0.4, 0.5) is 0 Å². The fourth-order valence-corrected chi connectivity index (χ4v) is 3.06. The van der Waals surface area contributed by atoms with Crippen molar-refractivity contribution >= 4 is 11.6 Å². The summed E-state index contributed by atoms with van der Waals surface area (Å²) in [6, 6.07) is 6.19. The molecule has 2 heterocycles. The first-order valence-electron chi connectivity index (χ1n) is 6.76. The molecule has 0 radical (unpaired) electrons. The molecule has 20 heavy (non-hydrogen) atoms. The zero-order valence-corrected chi connectivity index (χ0v) is 12.2. The van der Waals surface area contributed by atoms with Crippen LogP contribution in [0.3, 0.4) is 0 Å². The second kappa shape index (κ2) is 5.52. The first-order chi connectivity index (χ1) is 9.69. The number of nitrogens with two attached hydrogens (primary N) is 1. The Bertz CT molecular complexity index is 609. The minimum atomic E-state index is 0.192. The molecule has 2 N–H and O–H groups in total. The first-order valence-corrected chi connectivity index (χ1v) is 7.13. The SMILES string of the molecule is Cc1cc(Cl)ccc1C(CN)N1CCn2cnnc2C1. The predicted molar refractivity (Wildman–Crippen MR) is 78.4 cm³/mol. The number of aromatic nitrogens is 3. The molecule has 2 aromatic rings. The van der Waals surface area contributed by atoms with Gasteiger partial charge >= 0.3 is 0 Å². The highest BCUT2D eigenvalue weighted by Gasteiger charge is 2.25. The number of benzene rings is 1. The van der Waals surface area contributed by atoms with Crippen molar-refractivity contribution in [2.45, 2.75) is 26.1 Å². The van der Waals surface area contributed by atoms with E-state index in [9.17, 15) is 0 Å². The highest BCUT2D eigenvalue weighted by molar-refractivity contribution is 6.30. The molecule has 106 valence electrons. The van der Waals surface area contributed by atoms with Gasteiger partial charge in [0.2, 0.25) is 0 Å². The average Bonchev–Trinajstić information content (AvgIpc) is 2.89. The van der Waals surface area contributed by atoms with E-state index in [4.69, 9.17) is 17.3 Å². The lowest BCUT2D eigenvalue weighted by atomic mass is 9.99. The highest BCUT2D eigenvalue weighted by Crippen LogP contribution is 2.27. The summed E-state index contributed by atoms with van der Waals surface area (Å²) in [6.07, 6.45) is 1.79. The molecule has 6 heteroatoms. The molecule has 5 nitrogen and oxygen atoms in total. The zero-order valence-electron chi connectivity index (χ0n) is 11.5. The van der Waals surface area contributed by atoms with E-state index >= 15 is 0 Å². The van der Waals surface area contributed by atoms with Crippen LogP contribution in [0.25, 0.3) is 0 Å². The van der Waals surface area contributed by atoms with Gasteiger partial charge in [-0.3, -0.25) is 4.90 Å². The van der Waals surface area contributed by atoms with E-state index < -0.39 is 0 Å². The number of fused-ring (bicyclic) bond motifs is 1. The van der Waals surface area contributed by atoms with E-state index in [1.54, 1.807) is 6.33 Å². The van der Waals surface area contributed by atoms with Gasteiger partial charge in [-0.2, -0.15) is 0 Å². The third-order valence-electron chi connectivity index (χ3n) is 3.92. The third kappa shape index (κ3) is 2.44. The molecule has 1 aromatic carbocycles. The molecule has 1 aliphatic heterocycles. The van der Waals surface area contributed by atoms with E-state index in [0.717, 1.165) is 30.5 Å². The van der Waals surface area contributed by atoms with E-state index in [1.807, 2.05) is 12.1 Å². The summed E-state index contributed by atoms with van der Waals surface area (Å²) in [5.41, 5.74) is 8.44. The maximum atomic E-state index is 6.04. The fourth-order valence-electron chi connectivity index (χ4n) is 2.84. The van der Waals surface area contributed by atoms with Crippen LogP contribution in [0.5, 0.6) is 0 Å². The normalized spacial score (nSPS) is 16.9. The van der Waals surface area contributed by atoms with Crippen molar-refractivity contribution < 1.29 is 0 Å². The standard InChI is InChI=1S/C14H18ClN5/c1-10-6-11(15)2-3-12(10)13(7-16)19-4-5-20-9-17-18-14(20)8-19/h2-3,6,9,13H,4-5,7-8,16H2,1H3. The Balaban J connectivity index is 1.87. The summed E-state index contributed by atoms with van der Waals surface area (Å²) < 4.78 is 2.10. The Morgan fingerprint density at radius 1 is 1.40 bits per heavy atom. The molecule has 1 aliphatic rings. The molecule has 0 fully saturated rings. The highest BCUT2D eigenvalue weighted by atomic mass is 35.5. The lowest BCUT2D eigenvalue weighted by Gasteiger charge is -2.34. The molecule has 1 unspecified atom stereocenters. The summed E-state index contributed by atoms with van der Waals surface area (Å²) in [7, 11) is 0. The van der Waals surface area contributed by atoms with Crippen LogP contribution >= 0.6 is 11.6 Å². The average molecular weight is 292 g/mol. The molecular formula is C14H18ClN5. The Labute approximate surface area is 123 Å². The molecule has 0 bridgehead atoms. The van der Waals surface area contributed by atoms with Gasteiger partial charge in [-0.1, -0.05) is 17.7 Å². The monoisotopic (exact) mass is 291 g/mol. The number of halogens is 1. The van der Waals surface area contributed by atoms with Gasteiger partial charge in [-0.15, -0.1) is 10.2 Å². The number of hydrogen-bond donors (Lipinski definition) is 1. The van der Waals surface area contributed by atoms with Gasteiger partial charge < -0.3 is 10.3 Å². The lowest BCUT2D eigenvalue weighted by Crippen LogP contribution is -2.39. The van der Waals surface area contributed by atoms with Gasteiger partial charge in [0.15, 0.2) is 0 Å². The first kappa shape index (κ1) is 13.5. The maximum Gasteiger partial charge on any atom is 0.147 e. The summed E-state index contributed by atoms with van der Waals surface area (Å²) in [6.45, 7) is 5.30. The second-order valence-electron chi connectivity index (χ2n) is 5.16. The lowest BCUT2D eigenvalue weighted by molar-refractivity contribution is 0.156. The quantitative estimate of drug-likeness (QED) is 0.936. The van der Waals surface area contributed by atoms with Crippen LogP contribution in [-0.4, -0.2) is 32.8 Å². The van der Waals surface area contributed by atoms with Crippen LogP contribution in [0, 0.1) is 6.92 Å². The molecule has 0 aliphatic carbocycles. The molecule has 0 spiro atoms. The van der Waals surface area contributed by atoms with Gasteiger partial charge in [-0.05, 0) is 30.2 Å². The van der Waals surface area contributed by atoms with Crippen LogP contribution in [0.1, 0.15) is 23.0 Å². The van der Waals surface area contributed by atoms with E-state index in [1.165, 1.54) is 11.1 Å². The van der Waals surface area contributed by atoms with Gasteiger partial charge in [0.25, 0.3) is 0 Å². The van der Waals surface area contributed by atoms with Gasteiger partial charge in [-0.25, -0.2) is 0 Å². The number of aryl methyl sites for hydroxylation is 1. The van der Waals surface area contributed by atoms with E-state index in [2.05, 4.69) is 32.7 Å². The van der Waals surface area contributed by atoms with E-state index in [-0.39, 0.29) is 6.04 Å². The predicted octanol–water partition coefficient (Wildman–Crippen LogP) is 1.76. The molecule has 0 saturated carbocycles. The molecule has 1 aromatic heterocycles. The zero-order chi connectivity index (χ0) is 14.1. The van der Waals surface area contributed by atoms with Gasteiger partial charge in [0, 0.05) is 30.7 Å². The Kier molecular flexibility index (Phi) is 3.74. The number of nitrogens with zero attached hydrogens (tertiary/aromatic N) is 4. The van der Waals surface area contributed by atoms with Gasteiger partial charge in [0.05, 0.1) is 6.54 Å². The smallest absolute Gasteiger partial charge is 0.147 e. The topological polar surface area (TPSA) is 60.0 Å². The summed E-state index contributed by atoms with van der Waals surface area (Å²) in [4.78, 5) is 2.36. The second-order valence-corrected chi connectivity index (χ2v) is 5.60.